The fourth-order valence-electron chi connectivity index (χ4n) is 2.62. The Kier molecular flexibility index (Phi) is 4.56. The molecule has 4 heteroatoms. The third kappa shape index (κ3) is 3.06. The molecule has 4 unspecified atom stereocenters. The van der Waals surface area contributed by atoms with Crippen LogP contribution in [0.4, 0.5) is 0 Å². The fourth-order valence-corrected chi connectivity index (χ4v) is 4.43. The lowest BCUT2D eigenvalue weighted by atomic mass is 9.74. The van der Waals surface area contributed by atoms with E-state index in [1.165, 1.54) is 17.8 Å². The van der Waals surface area contributed by atoms with E-state index in [-0.39, 0.29) is 6.10 Å². The summed E-state index contributed by atoms with van der Waals surface area (Å²) >= 11 is 10.9. The van der Waals surface area contributed by atoms with Crippen molar-refractivity contribution in [1.82, 2.24) is 0 Å². The molecule has 1 fully saturated rings. The van der Waals surface area contributed by atoms with Gasteiger partial charge in [-0.05, 0) is 52.6 Å². The molecule has 1 aliphatic rings. The summed E-state index contributed by atoms with van der Waals surface area (Å²) in [5.41, 5.74) is 0. The Balaban J connectivity index is 2.07. The normalized spacial score (nSPS) is 31.5. The highest BCUT2D eigenvalue weighted by atomic mass is 79.9. The van der Waals surface area contributed by atoms with Gasteiger partial charge in [-0.1, -0.05) is 31.9 Å². The van der Waals surface area contributed by atoms with Gasteiger partial charge in [0.1, 0.15) is 4.34 Å². The largest absolute Gasteiger partial charge is 0.387 e. The first-order valence-electron chi connectivity index (χ1n) is 6.11. The predicted octanol–water partition coefficient (Wildman–Crippen LogP) is 5.27. The maximum absolute atomic E-state index is 10.4. The Morgan fingerprint density at radius 2 is 2.12 bits per heavy atom. The van der Waals surface area contributed by atoms with E-state index in [1.54, 1.807) is 0 Å². The van der Waals surface area contributed by atoms with E-state index in [2.05, 4.69) is 29.8 Å². The Morgan fingerprint density at radius 1 is 1.41 bits per heavy atom. The van der Waals surface area contributed by atoms with Crippen molar-refractivity contribution < 1.29 is 5.11 Å². The van der Waals surface area contributed by atoms with Crippen molar-refractivity contribution in [2.75, 3.05) is 0 Å². The smallest absolute Gasteiger partial charge is 0.107 e. The van der Waals surface area contributed by atoms with Gasteiger partial charge in [0.15, 0.2) is 0 Å². The number of halogens is 2. The van der Waals surface area contributed by atoms with Crippen LogP contribution in [-0.2, 0) is 0 Å². The predicted molar refractivity (Wildman–Crippen MR) is 77.7 cm³/mol. The lowest BCUT2D eigenvalue weighted by molar-refractivity contribution is 0.0585. The fraction of sp³-hybridized carbons (Fsp3) is 0.692. The Bertz CT molecular complexity index is 373. The van der Waals surface area contributed by atoms with Gasteiger partial charge in [0.25, 0.3) is 0 Å². The average molecular weight is 338 g/mol. The van der Waals surface area contributed by atoms with Crippen LogP contribution in [0.25, 0.3) is 0 Å². The van der Waals surface area contributed by atoms with Crippen LogP contribution in [0.3, 0.4) is 0 Å². The molecule has 0 aliphatic heterocycles. The molecule has 1 saturated carbocycles. The second kappa shape index (κ2) is 5.60. The average Bonchev–Trinajstić information content (AvgIpc) is 2.62. The minimum Gasteiger partial charge on any atom is -0.387 e. The van der Waals surface area contributed by atoms with Crippen molar-refractivity contribution in [3.63, 3.8) is 0 Å². The summed E-state index contributed by atoms with van der Waals surface area (Å²) in [5, 5.41) is 10.4. The van der Waals surface area contributed by atoms with Gasteiger partial charge >= 0.3 is 0 Å². The molecule has 4 atom stereocenters. The second-order valence-electron chi connectivity index (χ2n) is 5.24. The summed E-state index contributed by atoms with van der Waals surface area (Å²) in [6.45, 7) is 4.60. The van der Waals surface area contributed by atoms with Crippen LogP contribution >= 0.6 is 38.9 Å². The summed E-state index contributed by atoms with van der Waals surface area (Å²) in [7, 11) is 0. The molecular weight excluding hydrogens is 320 g/mol. The molecule has 1 aromatic heterocycles. The van der Waals surface area contributed by atoms with E-state index in [0.717, 1.165) is 32.4 Å². The van der Waals surface area contributed by atoms with E-state index in [4.69, 9.17) is 11.6 Å². The number of hydrogen-bond acceptors (Lipinski definition) is 2. The van der Waals surface area contributed by atoms with Crippen LogP contribution in [0.15, 0.2) is 10.5 Å². The van der Waals surface area contributed by atoms with Crippen molar-refractivity contribution in [1.29, 1.82) is 0 Å². The second-order valence-corrected chi connectivity index (χ2v) is 7.78. The number of thiophene rings is 1. The van der Waals surface area contributed by atoms with Crippen LogP contribution in [0, 0.1) is 17.8 Å². The zero-order valence-corrected chi connectivity index (χ0v) is 13.3. The molecule has 1 aliphatic carbocycles. The van der Waals surface area contributed by atoms with Gasteiger partial charge in [0.05, 0.1) is 6.10 Å². The molecule has 0 aromatic carbocycles. The van der Waals surface area contributed by atoms with Crippen LogP contribution in [-0.4, -0.2) is 5.11 Å². The third-order valence-electron chi connectivity index (χ3n) is 4.04. The Hall–Kier alpha value is 0.430. The van der Waals surface area contributed by atoms with E-state index in [9.17, 15) is 5.11 Å². The van der Waals surface area contributed by atoms with Gasteiger partial charge in [0, 0.05) is 9.35 Å². The van der Waals surface area contributed by atoms with Crippen molar-refractivity contribution in [2.24, 2.45) is 17.8 Å². The highest BCUT2D eigenvalue weighted by molar-refractivity contribution is 9.10. The summed E-state index contributed by atoms with van der Waals surface area (Å²) in [6.07, 6.45) is 3.12. The molecule has 1 aromatic rings. The maximum atomic E-state index is 10.4. The van der Waals surface area contributed by atoms with E-state index < -0.39 is 0 Å². The minimum absolute atomic E-state index is 0.348. The van der Waals surface area contributed by atoms with Gasteiger partial charge in [0.2, 0.25) is 0 Å². The van der Waals surface area contributed by atoms with Gasteiger partial charge in [-0.25, -0.2) is 0 Å². The van der Waals surface area contributed by atoms with Crippen LogP contribution in [0.5, 0.6) is 0 Å². The summed E-state index contributed by atoms with van der Waals surface area (Å²) in [5.74, 6) is 1.89. The molecule has 1 N–H and O–H groups in total. The molecule has 17 heavy (non-hydrogen) atoms. The maximum Gasteiger partial charge on any atom is 0.107 e. The van der Waals surface area contributed by atoms with Crippen molar-refractivity contribution in [3.8, 4) is 0 Å². The van der Waals surface area contributed by atoms with Crippen molar-refractivity contribution in [3.05, 3.63) is 19.8 Å². The standard InChI is InChI=1S/C13H18BrClOS/c1-7-3-4-9(5-8(7)2)12(16)11-6-10(14)13(15)17-11/h6-9,12,16H,3-5H2,1-2H3. The van der Waals surface area contributed by atoms with Crippen LogP contribution < -0.4 is 0 Å². The first-order valence-corrected chi connectivity index (χ1v) is 8.10. The number of aliphatic hydroxyl groups excluding tert-OH is 1. The van der Waals surface area contributed by atoms with E-state index >= 15 is 0 Å². The monoisotopic (exact) mass is 336 g/mol. The zero-order valence-electron chi connectivity index (χ0n) is 10.1. The first kappa shape index (κ1) is 13.9. The molecule has 0 amide bonds. The molecule has 0 bridgehead atoms. The molecule has 0 saturated heterocycles. The SMILES string of the molecule is CC1CCC(C(O)c2cc(Br)c(Cl)s2)CC1C. The lowest BCUT2D eigenvalue weighted by Gasteiger charge is -2.34. The van der Waals surface area contributed by atoms with Crippen LogP contribution in [0.1, 0.15) is 44.1 Å². The van der Waals surface area contributed by atoms with Gasteiger partial charge in [-0.15, -0.1) is 11.3 Å². The summed E-state index contributed by atoms with van der Waals surface area (Å²) in [4.78, 5) is 0.994. The number of rotatable bonds is 2. The zero-order chi connectivity index (χ0) is 12.6. The van der Waals surface area contributed by atoms with Crippen molar-refractivity contribution >= 4 is 38.9 Å². The third-order valence-corrected chi connectivity index (χ3v) is 6.59. The highest BCUT2D eigenvalue weighted by Gasteiger charge is 2.30. The number of hydrogen-bond donors (Lipinski definition) is 1. The minimum atomic E-state index is -0.348. The van der Waals surface area contributed by atoms with Gasteiger partial charge in [-0.3, -0.25) is 0 Å². The van der Waals surface area contributed by atoms with E-state index in [0.29, 0.717) is 11.8 Å². The lowest BCUT2D eigenvalue weighted by Crippen LogP contribution is -2.24. The van der Waals surface area contributed by atoms with Gasteiger partial charge < -0.3 is 5.11 Å². The van der Waals surface area contributed by atoms with E-state index in [1.807, 2.05) is 6.07 Å². The van der Waals surface area contributed by atoms with Crippen LogP contribution in [0.2, 0.25) is 4.34 Å². The Labute approximate surface area is 120 Å². The van der Waals surface area contributed by atoms with Gasteiger partial charge in [-0.2, -0.15) is 0 Å². The first-order chi connectivity index (χ1) is 7.99. The highest BCUT2D eigenvalue weighted by Crippen LogP contribution is 2.43. The molecule has 2 rings (SSSR count). The molecular formula is C13H18BrClOS. The summed E-state index contributed by atoms with van der Waals surface area (Å²) in [6, 6.07) is 1.96. The molecule has 1 nitrogen and oxygen atoms in total. The quantitative estimate of drug-likeness (QED) is 0.779. The van der Waals surface area contributed by atoms with Crippen molar-refractivity contribution in [2.45, 2.75) is 39.2 Å². The molecule has 0 radical (unpaired) electrons. The Morgan fingerprint density at radius 3 is 2.65 bits per heavy atom. The molecule has 0 spiro atoms. The topological polar surface area (TPSA) is 20.2 Å². The molecule has 1 heterocycles. The molecule has 96 valence electrons. The number of aliphatic hydroxyl groups is 1. The summed E-state index contributed by atoms with van der Waals surface area (Å²) < 4.78 is 1.63.